The van der Waals surface area contributed by atoms with Crippen LogP contribution >= 0.6 is 35.3 Å². The molecule has 1 atom stereocenters. The fraction of sp³-hybridized carbons (Fsp3) is 0.400. The monoisotopic (exact) mass is 343 g/mol. The lowest BCUT2D eigenvalue weighted by Gasteiger charge is -2.36. The summed E-state index contributed by atoms with van der Waals surface area (Å²) in [7, 11) is 0. The van der Waals surface area contributed by atoms with Gasteiger partial charge in [0, 0.05) is 41.8 Å². The zero-order chi connectivity index (χ0) is 13.9. The van der Waals surface area contributed by atoms with E-state index >= 15 is 0 Å². The molecule has 1 unspecified atom stereocenters. The first-order chi connectivity index (χ1) is 9.74. The topological polar surface area (TPSA) is 28.2 Å². The smallest absolute Gasteiger partial charge is 0.107 e. The van der Waals surface area contributed by atoms with Crippen molar-refractivity contribution in [3.05, 3.63) is 50.9 Å². The minimum atomic E-state index is 0. The lowest BCUT2D eigenvalue weighted by atomic mass is 10.0. The van der Waals surface area contributed by atoms with Gasteiger partial charge in [-0.05, 0) is 18.6 Å². The number of nitrogens with one attached hydrogen (secondary N) is 1. The van der Waals surface area contributed by atoms with Crippen LogP contribution in [0.4, 0.5) is 0 Å². The van der Waals surface area contributed by atoms with Crippen molar-refractivity contribution in [2.24, 2.45) is 0 Å². The summed E-state index contributed by atoms with van der Waals surface area (Å²) in [5, 5.41) is 7.61. The Kier molecular flexibility index (Phi) is 6.02. The van der Waals surface area contributed by atoms with Crippen LogP contribution in [0.25, 0.3) is 0 Å². The third kappa shape index (κ3) is 3.96. The zero-order valence-corrected chi connectivity index (χ0v) is 14.3. The Balaban J connectivity index is 0.00000161. The molecule has 1 aromatic carbocycles. The first kappa shape index (κ1) is 16.7. The van der Waals surface area contributed by atoms with Gasteiger partial charge >= 0.3 is 0 Å². The maximum absolute atomic E-state index is 6.36. The van der Waals surface area contributed by atoms with E-state index in [0.717, 1.165) is 36.9 Å². The number of benzene rings is 1. The third-order valence-corrected chi connectivity index (χ3v) is 4.92. The number of hydrogen-bond acceptors (Lipinski definition) is 4. The number of hydrogen-bond donors (Lipinski definition) is 1. The van der Waals surface area contributed by atoms with E-state index in [1.807, 2.05) is 19.1 Å². The molecule has 0 radical (unpaired) electrons. The molecule has 2 aromatic rings. The predicted molar refractivity (Wildman–Crippen MR) is 91.6 cm³/mol. The number of rotatable bonds is 3. The Morgan fingerprint density at radius 2 is 2.24 bits per heavy atom. The second-order valence-electron chi connectivity index (χ2n) is 5.09. The number of piperazine rings is 1. The second kappa shape index (κ2) is 7.56. The Labute approximate surface area is 140 Å². The van der Waals surface area contributed by atoms with E-state index in [1.54, 1.807) is 11.3 Å². The number of halogens is 2. The molecule has 6 heteroatoms. The molecule has 3 nitrogen and oxygen atoms in total. The molecule has 1 aliphatic heterocycles. The van der Waals surface area contributed by atoms with Crippen LogP contribution in [0.3, 0.4) is 0 Å². The van der Waals surface area contributed by atoms with Gasteiger partial charge in [-0.3, -0.25) is 4.90 Å². The van der Waals surface area contributed by atoms with E-state index in [0.29, 0.717) is 6.04 Å². The van der Waals surface area contributed by atoms with Crippen LogP contribution in [0.15, 0.2) is 29.6 Å². The van der Waals surface area contributed by atoms with Crippen LogP contribution in [0.5, 0.6) is 0 Å². The summed E-state index contributed by atoms with van der Waals surface area (Å²) < 4.78 is 0. The van der Waals surface area contributed by atoms with Gasteiger partial charge in [0.15, 0.2) is 0 Å². The van der Waals surface area contributed by atoms with Crippen LogP contribution in [0, 0.1) is 6.92 Å². The number of aryl methyl sites for hydroxylation is 1. The van der Waals surface area contributed by atoms with Crippen molar-refractivity contribution in [3.63, 3.8) is 0 Å². The average Bonchev–Trinajstić information content (AvgIpc) is 2.86. The molecule has 1 fully saturated rings. The van der Waals surface area contributed by atoms with Crippen molar-refractivity contribution < 1.29 is 0 Å². The van der Waals surface area contributed by atoms with Gasteiger partial charge in [-0.2, -0.15) is 0 Å². The molecule has 0 aliphatic carbocycles. The highest BCUT2D eigenvalue weighted by atomic mass is 35.5. The van der Waals surface area contributed by atoms with Crippen LogP contribution < -0.4 is 5.32 Å². The Bertz CT molecular complexity index is 588. The average molecular weight is 344 g/mol. The van der Waals surface area contributed by atoms with Gasteiger partial charge < -0.3 is 5.32 Å². The summed E-state index contributed by atoms with van der Waals surface area (Å²) in [6.07, 6.45) is 0. The summed E-state index contributed by atoms with van der Waals surface area (Å²) in [5.74, 6) is 0. The molecule has 3 rings (SSSR count). The van der Waals surface area contributed by atoms with Crippen molar-refractivity contribution in [3.8, 4) is 0 Å². The van der Waals surface area contributed by atoms with Gasteiger partial charge in [0.2, 0.25) is 0 Å². The number of aromatic nitrogens is 1. The molecule has 2 heterocycles. The molecule has 1 aliphatic rings. The predicted octanol–water partition coefficient (Wildman–Crippen LogP) is 3.67. The highest BCUT2D eigenvalue weighted by Crippen LogP contribution is 2.29. The van der Waals surface area contributed by atoms with Crippen molar-refractivity contribution >= 4 is 35.3 Å². The zero-order valence-electron chi connectivity index (χ0n) is 11.9. The van der Waals surface area contributed by atoms with Gasteiger partial charge in [0.05, 0.1) is 6.54 Å². The highest BCUT2D eigenvalue weighted by Gasteiger charge is 2.25. The van der Waals surface area contributed by atoms with Crippen LogP contribution in [0.1, 0.15) is 22.3 Å². The van der Waals surface area contributed by atoms with E-state index in [9.17, 15) is 0 Å². The third-order valence-electron chi connectivity index (χ3n) is 3.62. The van der Waals surface area contributed by atoms with Crippen LogP contribution in [-0.2, 0) is 6.54 Å². The molecule has 0 spiro atoms. The summed E-state index contributed by atoms with van der Waals surface area (Å²) in [4.78, 5) is 7.05. The van der Waals surface area contributed by atoms with E-state index in [-0.39, 0.29) is 12.4 Å². The summed E-state index contributed by atoms with van der Waals surface area (Å²) in [5.41, 5.74) is 2.31. The summed E-state index contributed by atoms with van der Waals surface area (Å²) in [6.45, 7) is 5.92. The second-order valence-corrected chi connectivity index (χ2v) is 6.44. The van der Waals surface area contributed by atoms with Gasteiger partial charge in [-0.1, -0.05) is 29.8 Å². The van der Waals surface area contributed by atoms with Gasteiger partial charge in [-0.25, -0.2) is 4.98 Å². The lowest BCUT2D eigenvalue weighted by molar-refractivity contribution is 0.153. The minimum absolute atomic E-state index is 0. The summed E-state index contributed by atoms with van der Waals surface area (Å²) >= 11 is 8.10. The quantitative estimate of drug-likeness (QED) is 0.921. The van der Waals surface area contributed by atoms with Crippen LogP contribution in [0.2, 0.25) is 5.02 Å². The molecule has 1 aromatic heterocycles. The van der Waals surface area contributed by atoms with E-state index in [2.05, 4.69) is 32.7 Å². The fourth-order valence-corrected chi connectivity index (χ4v) is 3.69. The molecule has 1 saturated heterocycles. The standard InChI is InChI=1S/C15H18ClN3S.ClH/c1-11-10-20-15(18-11)9-19-7-6-17-8-14(19)12-4-2-3-5-13(12)16;/h2-5,10,14,17H,6-9H2,1H3;1H. The van der Waals surface area contributed by atoms with Crippen molar-refractivity contribution in [1.82, 2.24) is 15.2 Å². The number of thiazole rings is 1. The van der Waals surface area contributed by atoms with Crippen molar-refractivity contribution in [2.75, 3.05) is 19.6 Å². The number of nitrogens with zero attached hydrogens (tertiary/aromatic N) is 2. The van der Waals surface area contributed by atoms with Gasteiger partial charge in [0.1, 0.15) is 5.01 Å². The van der Waals surface area contributed by atoms with E-state index in [1.165, 1.54) is 10.6 Å². The van der Waals surface area contributed by atoms with Gasteiger partial charge in [0.25, 0.3) is 0 Å². The minimum Gasteiger partial charge on any atom is -0.314 e. The van der Waals surface area contributed by atoms with E-state index in [4.69, 9.17) is 11.6 Å². The molecule has 0 bridgehead atoms. The molecule has 0 saturated carbocycles. The Morgan fingerprint density at radius 3 is 2.95 bits per heavy atom. The van der Waals surface area contributed by atoms with Crippen LogP contribution in [-0.4, -0.2) is 29.5 Å². The van der Waals surface area contributed by atoms with Crippen molar-refractivity contribution in [2.45, 2.75) is 19.5 Å². The lowest BCUT2D eigenvalue weighted by Crippen LogP contribution is -2.45. The van der Waals surface area contributed by atoms with Crippen molar-refractivity contribution in [1.29, 1.82) is 0 Å². The van der Waals surface area contributed by atoms with E-state index < -0.39 is 0 Å². The molecular weight excluding hydrogens is 325 g/mol. The molecular formula is C15H19Cl2N3S. The normalized spacial score (nSPS) is 19.2. The fourth-order valence-electron chi connectivity index (χ4n) is 2.64. The SMILES string of the molecule is Cc1csc(CN2CCNCC2c2ccccc2Cl)n1.Cl. The molecule has 114 valence electrons. The Morgan fingerprint density at radius 1 is 1.43 bits per heavy atom. The molecule has 0 amide bonds. The van der Waals surface area contributed by atoms with Gasteiger partial charge in [-0.15, -0.1) is 23.7 Å². The highest BCUT2D eigenvalue weighted by molar-refractivity contribution is 7.09. The Hall–Kier alpha value is -0.650. The largest absolute Gasteiger partial charge is 0.314 e. The molecule has 1 N–H and O–H groups in total. The molecule has 21 heavy (non-hydrogen) atoms. The summed E-state index contributed by atoms with van der Waals surface area (Å²) in [6, 6.07) is 8.46. The first-order valence-corrected chi connectivity index (χ1v) is 8.10. The first-order valence-electron chi connectivity index (χ1n) is 6.84. The maximum Gasteiger partial charge on any atom is 0.107 e. The maximum atomic E-state index is 6.36.